The molecule has 0 bridgehead atoms. The SMILES string of the molecule is COc1ccccc1COC(=O)c1cc(S(=O)(=O)N2CCCC2)ccc1Cl. The smallest absolute Gasteiger partial charge is 0.340 e. The summed E-state index contributed by atoms with van der Waals surface area (Å²) in [5.74, 6) is -0.0915. The van der Waals surface area contributed by atoms with Crippen LogP contribution in [0.1, 0.15) is 28.8 Å². The third-order valence-electron chi connectivity index (χ3n) is 4.41. The third-order valence-corrected chi connectivity index (χ3v) is 6.64. The van der Waals surface area contributed by atoms with E-state index in [-0.39, 0.29) is 22.1 Å². The van der Waals surface area contributed by atoms with Crippen LogP contribution in [0.3, 0.4) is 0 Å². The van der Waals surface area contributed by atoms with Gasteiger partial charge in [-0.05, 0) is 37.1 Å². The molecule has 2 aromatic carbocycles. The van der Waals surface area contributed by atoms with E-state index in [1.165, 1.54) is 29.6 Å². The van der Waals surface area contributed by atoms with Gasteiger partial charge in [-0.2, -0.15) is 4.31 Å². The lowest BCUT2D eigenvalue weighted by atomic mass is 10.2. The minimum atomic E-state index is -3.64. The van der Waals surface area contributed by atoms with Gasteiger partial charge in [0.25, 0.3) is 0 Å². The first-order valence-corrected chi connectivity index (χ1v) is 10.3. The number of benzene rings is 2. The zero-order valence-corrected chi connectivity index (χ0v) is 16.4. The second kappa shape index (κ2) is 8.29. The van der Waals surface area contributed by atoms with Crippen LogP contribution in [0, 0.1) is 0 Å². The van der Waals surface area contributed by atoms with Crippen LogP contribution < -0.4 is 4.74 Å². The van der Waals surface area contributed by atoms with Crippen molar-refractivity contribution < 1.29 is 22.7 Å². The first kappa shape index (κ1) is 19.7. The largest absolute Gasteiger partial charge is 0.496 e. The van der Waals surface area contributed by atoms with Crippen molar-refractivity contribution in [3.63, 3.8) is 0 Å². The Labute approximate surface area is 163 Å². The lowest BCUT2D eigenvalue weighted by Gasteiger charge is -2.16. The fraction of sp³-hybridized carbons (Fsp3) is 0.316. The number of esters is 1. The topological polar surface area (TPSA) is 72.9 Å². The molecular weight excluding hydrogens is 390 g/mol. The number of hydrogen-bond donors (Lipinski definition) is 0. The van der Waals surface area contributed by atoms with Crippen LogP contribution in [0.2, 0.25) is 5.02 Å². The van der Waals surface area contributed by atoms with Crippen LogP contribution in [-0.2, 0) is 21.4 Å². The van der Waals surface area contributed by atoms with Crippen molar-refractivity contribution in [2.45, 2.75) is 24.3 Å². The quantitative estimate of drug-likeness (QED) is 0.683. The van der Waals surface area contributed by atoms with E-state index in [1.54, 1.807) is 12.1 Å². The van der Waals surface area contributed by atoms with E-state index in [0.29, 0.717) is 24.4 Å². The Balaban J connectivity index is 1.80. The predicted molar refractivity (Wildman–Crippen MR) is 102 cm³/mol. The van der Waals surface area contributed by atoms with Gasteiger partial charge in [0.1, 0.15) is 12.4 Å². The Morgan fingerprint density at radius 1 is 1.15 bits per heavy atom. The third kappa shape index (κ3) is 4.26. The summed E-state index contributed by atoms with van der Waals surface area (Å²) in [7, 11) is -2.11. The maximum absolute atomic E-state index is 12.7. The van der Waals surface area contributed by atoms with Gasteiger partial charge in [0.05, 0.1) is 22.6 Å². The van der Waals surface area contributed by atoms with Gasteiger partial charge in [-0.15, -0.1) is 0 Å². The molecule has 2 aromatic rings. The van der Waals surface area contributed by atoms with Gasteiger partial charge in [0.15, 0.2) is 0 Å². The normalized spacial score (nSPS) is 14.9. The molecule has 8 heteroatoms. The number of sulfonamides is 1. The van der Waals surface area contributed by atoms with Crippen molar-refractivity contribution in [1.82, 2.24) is 4.31 Å². The van der Waals surface area contributed by atoms with E-state index in [9.17, 15) is 13.2 Å². The molecule has 0 spiro atoms. The summed E-state index contributed by atoms with van der Waals surface area (Å²) < 4.78 is 37.4. The highest BCUT2D eigenvalue weighted by atomic mass is 35.5. The first-order chi connectivity index (χ1) is 12.9. The summed E-state index contributed by atoms with van der Waals surface area (Å²) in [5, 5.41) is 0.139. The van der Waals surface area contributed by atoms with Gasteiger partial charge < -0.3 is 9.47 Å². The van der Waals surface area contributed by atoms with Crippen molar-refractivity contribution in [1.29, 1.82) is 0 Å². The second-order valence-electron chi connectivity index (χ2n) is 6.14. The van der Waals surface area contributed by atoms with Crippen LogP contribution in [0.5, 0.6) is 5.75 Å². The Bertz CT molecular complexity index is 939. The molecule has 144 valence electrons. The maximum Gasteiger partial charge on any atom is 0.340 e. The standard InChI is InChI=1S/C19H20ClNO5S/c1-25-18-7-3-2-6-14(18)13-26-19(22)16-12-15(8-9-17(16)20)27(23,24)21-10-4-5-11-21/h2-3,6-9,12H,4-5,10-11,13H2,1H3. The lowest BCUT2D eigenvalue weighted by molar-refractivity contribution is 0.0470. The summed E-state index contributed by atoms with van der Waals surface area (Å²) in [6.07, 6.45) is 1.67. The highest BCUT2D eigenvalue weighted by Gasteiger charge is 2.28. The summed E-state index contributed by atoms with van der Waals surface area (Å²) in [6.45, 7) is 0.958. The molecule has 1 heterocycles. The first-order valence-electron chi connectivity index (χ1n) is 8.52. The van der Waals surface area contributed by atoms with Crippen LogP contribution in [-0.4, -0.2) is 38.9 Å². The zero-order valence-electron chi connectivity index (χ0n) is 14.9. The molecule has 27 heavy (non-hydrogen) atoms. The van der Waals surface area contributed by atoms with Gasteiger partial charge in [0.2, 0.25) is 10.0 Å². The molecule has 6 nitrogen and oxygen atoms in total. The minimum absolute atomic E-state index is 0.0116. The molecular formula is C19H20ClNO5S. The maximum atomic E-state index is 12.7. The van der Waals surface area contributed by atoms with Crippen molar-refractivity contribution in [2.75, 3.05) is 20.2 Å². The Kier molecular flexibility index (Phi) is 6.04. The summed E-state index contributed by atoms with van der Waals surface area (Å²) >= 11 is 6.11. The zero-order chi connectivity index (χ0) is 19.4. The van der Waals surface area contributed by atoms with Crippen molar-refractivity contribution in [3.05, 3.63) is 58.6 Å². The van der Waals surface area contributed by atoms with E-state index in [2.05, 4.69) is 0 Å². The van der Waals surface area contributed by atoms with Crippen molar-refractivity contribution in [2.24, 2.45) is 0 Å². The number of hydrogen-bond acceptors (Lipinski definition) is 5. The van der Waals surface area contributed by atoms with Gasteiger partial charge in [0, 0.05) is 18.7 Å². The number of halogens is 1. The highest BCUT2D eigenvalue weighted by molar-refractivity contribution is 7.89. The number of ether oxygens (including phenoxy) is 2. The van der Waals surface area contributed by atoms with E-state index in [1.807, 2.05) is 12.1 Å². The van der Waals surface area contributed by atoms with Crippen LogP contribution in [0.15, 0.2) is 47.4 Å². The van der Waals surface area contributed by atoms with Gasteiger partial charge in [-0.3, -0.25) is 0 Å². The van der Waals surface area contributed by atoms with E-state index < -0.39 is 16.0 Å². The van der Waals surface area contributed by atoms with Gasteiger partial charge in [-0.1, -0.05) is 29.8 Å². The Morgan fingerprint density at radius 3 is 2.56 bits per heavy atom. The summed E-state index contributed by atoms with van der Waals surface area (Å²) in [4.78, 5) is 12.5. The summed E-state index contributed by atoms with van der Waals surface area (Å²) in [5.41, 5.74) is 0.720. The van der Waals surface area contributed by atoms with Gasteiger partial charge in [-0.25, -0.2) is 13.2 Å². The van der Waals surface area contributed by atoms with Crippen LogP contribution >= 0.6 is 11.6 Å². The molecule has 0 amide bonds. The molecule has 0 saturated carbocycles. The molecule has 0 radical (unpaired) electrons. The number of methoxy groups -OCH3 is 1. The van der Waals surface area contributed by atoms with Gasteiger partial charge >= 0.3 is 5.97 Å². The molecule has 0 aromatic heterocycles. The number of carbonyl (C=O) groups is 1. The van der Waals surface area contributed by atoms with E-state index in [4.69, 9.17) is 21.1 Å². The fourth-order valence-electron chi connectivity index (χ4n) is 2.94. The number of rotatable bonds is 6. The van der Waals surface area contributed by atoms with Crippen LogP contribution in [0.25, 0.3) is 0 Å². The number of carbonyl (C=O) groups excluding carboxylic acids is 1. The average molecular weight is 410 g/mol. The molecule has 0 unspecified atom stereocenters. The van der Waals surface area contributed by atoms with Crippen LogP contribution in [0.4, 0.5) is 0 Å². The molecule has 1 saturated heterocycles. The minimum Gasteiger partial charge on any atom is -0.496 e. The predicted octanol–water partition coefficient (Wildman–Crippen LogP) is 3.49. The molecule has 0 aliphatic carbocycles. The number of para-hydroxylation sites is 1. The molecule has 0 atom stereocenters. The molecule has 1 aliphatic rings. The Morgan fingerprint density at radius 2 is 1.85 bits per heavy atom. The molecule has 1 aliphatic heterocycles. The average Bonchev–Trinajstić information content (AvgIpc) is 3.22. The monoisotopic (exact) mass is 409 g/mol. The highest BCUT2D eigenvalue weighted by Crippen LogP contribution is 2.26. The second-order valence-corrected chi connectivity index (χ2v) is 8.49. The van der Waals surface area contributed by atoms with Crippen molar-refractivity contribution in [3.8, 4) is 5.75 Å². The fourth-order valence-corrected chi connectivity index (χ4v) is 4.68. The lowest BCUT2D eigenvalue weighted by Crippen LogP contribution is -2.28. The summed E-state index contributed by atoms with van der Waals surface area (Å²) in [6, 6.07) is 11.3. The molecule has 1 fully saturated rings. The molecule has 3 rings (SSSR count). The van der Waals surface area contributed by atoms with Crippen molar-refractivity contribution >= 4 is 27.6 Å². The Hall–Kier alpha value is -2.09. The molecule has 0 N–H and O–H groups in total. The van der Waals surface area contributed by atoms with E-state index >= 15 is 0 Å². The van der Waals surface area contributed by atoms with E-state index in [0.717, 1.165) is 12.8 Å². The number of nitrogens with zero attached hydrogens (tertiary/aromatic N) is 1.